The number of unbranched alkanes of at least 4 members (excludes halogenated alkanes) is 1. The van der Waals surface area contributed by atoms with Crippen LogP contribution in [0.3, 0.4) is 0 Å². The summed E-state index contributed by atoms with van der Waals surface area (Å²) >= 11 is 0. The fourth-order valence-corrected chi connectivity index (χ4v) is 3.27. The van der Waals surface area contributed by atoms with Crippen LogP contribution in [-0.4, -0.2) is 0 Å². The van der Waals surface area contributed by atoms with Gasteiger partial charge in [-0.2, -0.15) is 0 Å². The molecule has 0 radical (unpaired) electrons. The Kier molecular flexibility index (Phi) is 7.51. The zero-order valence-corrected chi connectivity index (χ0v) is 17.2. The maximum atomic E-state index is 3.29. The highest BCUT2D eigenvalue weighted by Crippen LogP contribution is 2.11. The minimum absolute atomic E-state index is 1.07. The van der Waals surface area contributed by atoms with Crippen LogP contribution in [0.4, 0.5) is 0 Å². The molecule has 3 aromatic rings. The Bertz CT molecular complexity index is 901. The van der Waals surface area contributed by atoms with Crippen molar-refractivity contribution >= 4 is 0 Å². The fourth-order valence-electron chi connectivity index (χ4n) is 3.27. The van der Waals surface area contributed by atoms with E-state index in [1.165, 1.54) is 35.1 Å². The molecule has 28 heavy (non-hydrogen) atoms. The Morgan fingerprint density at radius 3 is 1.32 bits per heavy atom. The maximum Gasteiger partial charge on any atom is 0.0249 e. The van der Waals surface area contributed by atoms with Crippen molar-refractivity contribution < 1.29 is 0 Å². The van der Waals surface area contributed by atoms with Crippen LogP contribution < -0.4 is 0 Å². The number of rotatable bonds is 7. The molecule has 0 aliphatic heterocycles. The molecular formula is C28H30. The molecule has 0 nitrogen and oxygen atoms in total. The Morgan fingerprint density at radius 2 is 0.893 bits per heavy atom. The van der Waals surface area contributed by atoms with Crippen LogP contribution in [0.1, 0.15) is 60.1 Å². The summed E-state index contributed by atoms with van der Waals surface area (Å²) in [6.45, 7) is 4.43. The number of hydrogen-bond acceptors (Lipinski definition) is 0. The summed E-state index contributed by atoms with van der Waals surface area (Å²) < 4.78 is 0. The lowest BCUT2D eigenvalue weighted by Gasteiger charge is -2.04. The summed E-state index contributed by atoms with van der Waals surface area (Å²) in [7, 11) is 0. The third-order valence-electron chi connectivity index (χ3n) is 5.21. The zero-order chi connectivity index (χ0) is 19.6. The molecular weight excluding hydrogens is 336 g/mol. The van der Waals surface area contributed by atoms with Crippen LogP contribution in [0.25, 0.3) is 0 Å². The minimum Gasteiger partial charge on any atom is -0.0654 e. The molecule has 0 saturated heterocycles. The summed E-state index contributed by atoms with van der Waals surface area (Å²) in [5, 5.41) is 0. The topological polar surface area (TPSA) is 0 Å². The van der Waals surface area contributed by atoms with Gasteiger partial charge in [-0.05, 0) is 78.6 Å². The number of aryl methyl sites for hydroxylation is 4. The predicted molar refractivity (Wildman–Crippen MR) is 121 cm³/mol. The van der Waals surface area contributed by atoms with E-state index in [9.17, 15) is 0 Å². The van der Waals surface area contributed by atoms with Gasteiger partial charge in [0.2, 0.25) is 0 Å². The zero-order valence-electron chi connectivity index (χ0n) is 17.2. The summed E-state index contributed by atoms with van der Waals surface area (Å²) in [6, 6.07) is 26.4. The molecule has 0 aliphatic carbocycles. The Labute approximate surface area is 170 Å². The quantitative estimate of drug-likeness (QED) is 0.404. The summed E-state index contributed by atoms with van der Waals surface area (Å²) in [6.07, 6.45) is 6.90. The molecule has 0 aromatic heterocycles. The van der Waals surface area contributed by atoms with Crippen LogP contribution in [0.2, 0.25) is 0 Å². The van der Waals surface area contributed by atoms with Gasteiger partial charge in [0.1, 0.15) is 0 Å². The second-order valence-electron chi connectivity index (χ2n) is 7.42. The van der Waals surface area contributed by atoms with Crippen molar-refractivity contribution in [3.63, 3.8) is 0 Å². The van der Waals surface area contributed by atoms with Crippen LogP contribution in [0, 0.1) is 11.8 Å². The van der Waals surface area contributed by atoms with Gasteiger partial charge in [0.05, 0.1) is 0 Å². The van der Waals surface area contributed by atoms with Gasteiger partial charge in [-0.15, -0.1) is 0 Å². The normalized spacial score (nSPS) is 10.4. The third-order valence-corrected chi connectivity index (χ3v) is 5.21. The third kappa shape index (κ3) is 6.14. The molecule has 0 N–H and O–H groups in total. The van der Waals surface area contributed by atoms with E-state index in [2.05, 4.69) is 98.5 Å². The second kappa shape index (κ2) is 10.5. The van der Waals surface area contributed by atoms with Crippen LogP contribution in [-0.2, 0) is 25.7 Å². The van der Waals surface area contributed by atoms with Crippen molar-refractivity contribution in [1.82, 2.24) is 0 Å². The van der Waals surface area contributed by atoms with Crippen molar-refractivity contribution in [2.75, 3.05) is 0 Å². The molecule has 0 heterocycles. The van der Waals surface area contributed by atoms with Crippen LogP contribution >= 0.6 is 0 Å². The molecule has 0 heteroatoms. The van der Waals surface area contributed by atoms with Gasteiger partial charge in [-0.1, -0.05) is 80.6 Å². The van der Waals surface area contributed by atoms with Gasteiger partial charge in [0, 0.05) is 11.1 Å². The van der Waals surface area contributed by atoms with E-state index in [0.29, 0.717) is 0 Å². The Balaban J connectivity index is 1.54. The number of hydrogen-bond donors (Lipinski definition) is 0. The smallest absolute Gasteiger partial charge is 0.0249 e. The SMILES string of the molecule is CCCCc1ccc(C#Cc2ccc(CCc3ccc(CC)cc3)cc2)cc1. The van der Waals surface area contributed by atoms with Gasteiger partial charge < -0.3 is 0 Å². The van der Waals surface area contributed by atoms with E-state index in [-0.39, 0.29) is 0 Å². The molecule has 3 aromatic carbocycles. The molecule has 3 rings (SSSR count). The van der Waals surface area contributed by atoms with Crippen molar-refractivity contribution in [3.8, 4) is 11.8 Å². The first kappa shape index (κ1) is 20.0. The lowest BCUT2D eigenvalue weighted by molar-refractivity contribution is 0.795. The van der Waals surface area contributed by atoms with Gasteiger partial charge >= 0.3 is 0 Å². The molecule has 0 bridgehead atoms. The second-order valence-corrected chi connectivity index (χ2v) is 7.42. The average Bonchev–Trinajstić information content (AvgIpc) is 2.76. The van der Waals surface area contributed by atoms with E-state index in [1.807, 2.05) is 0 Å². The lowest BCUT2D eigenvalue weighted by atomic mass is 10.0. The lowest BCUT2D eigenvalue weighted by Crippen LogP contribution is -1.92. The molecule has 0 spiro atoms. The molecule has 0 unspecified atom stereocenters. The summed E-state index contributed by atoms with van der Waals surface area (Å²) in [4.78, 5) is 0. The van der Waals surface area contributed by atoms with Crippen LogP contribution in [0.15, 0.2) is 72.8 Å². The van der Waals surface area contributed by atoms with Crippen molar-refractivity contribution in [3.05, 3.63) is 106 Å². The van der Waals surface area contributed by atoms with E-state index in [4.69, 9.17) is 0 Å². The Hall–Kier alpha value is -2.78. The largest absolute Gasteiger partial charge is 0.0654 e. The summed E-state index contributed by atoms with van der Waals surface area (Å²) in [5.41, 5.74) is 7.74. The monoisotopic (exact) mass is 366 g/mol. The summed E-state index contributed by atoms with van der Waals surface area (Å²) in [5.74, 6) is 6.57. The molecule has 0 atom stereocenters. The molecule has 142 valence electrons. The highest BCUT2D eigenvalue weighted by Gasteiger charge is 1.98. The van der Waals surface area contributed by atoms with Gasteiger partial charge in [-0.25, -0.2) is 0 Å². The highest BCUT2D eigenvalue weighted by molar-refractivity contribution is 5.44. The predicted octanol–water partition coefficient (Wildman–Crippen LogP) is 6.78. The van der Waals surface area contributed by atoms with Gasteiger partial charge in [-0.3, -0.25) is 0 Å². The molecule has 0 amide bonds. The van der Waals surface area contributed by atoms with Crippen molar-refractivity contribution in [2.45, 2.75) is 52.4 Å². The molecule has 0 saturated carbocycles. The Morgan fingerprint density at radius 1 is 0.500 bits per heavy atom. The van der Waals surface area contributed by atoms with Crippen molar-refractivity contribution in [2.24, 2.45) is 0 Å². The first-order chi connectivity index (χ1) is 13.8. The maximum absolute atomic E-state index is 3.29. The van der Waals surface area contributed by atoms with Gasteiger partial charge in [0.15, 0.2) is 0 Å². The molecule has 0 aliphatic rings. The minimum atomic E-state index is 1.07. The number of benzene rings is 3. The van der Waals surface area contributed by atoms with E-state index >= 15 is 0 Å². The van der Waals surface area contributed by atoms with E-state index in [0.717, 1.165) is 36.8 Å². The van der Waals surface area contributed by atoms with E-state index in [1.54, 1.807) is 0 Å². The van der Waals surface area contributed by atoms with E-state index < -0.39 is 0 Å². The first-order valence-corrected chi connectivity index (χ1v) is 10.5. The van der Waals surface area contributed by atoms with Gasteiger partial charge in [0.25, 0.3) is 0 Å². The highest BCUT2D eigenvalue weighted by atomic mass is 14.0. The fraction of sp³-hybridized carbons (Fsp3) is 0.286. The molecule has 0 fully saturated rings. The van der Waals surface area contributed by atoms with Crippen LogP contribution in [0.5, 0.6) is 0 Å². The standard InChI is InChI=1S/C28H30/c1-3-5-6-24-11-13-26(14-12-24)17-18-28-21-19-27(20-22-28)16-15-25-9-7-23(4-2)8-10-25/h7-14,19-22H,3-6,15-16H2,1-2H3. The van der Waals surface area contributed by atoms with Crippen molar-refractivity contribution in [1.29, 1.82) is 0 Å². The average molecular weight is 367 g/mol. The first-order valence-electron chi connectivity index (χ1n) is 10.5.